The second-order valence-electron chi connectivity index (χ2n) is 5.74. The third kappa shape index (κ3) is 2.80. The van der Waals surface area contributed by atoms with Crippen LogP contribution in [0.5, 0.6) is 5.88 Å². The van der Waals surface area contributed by atoms with Gasteiger partial charge in [-0.25, -0.2) is 9.67 Å². The Hall–Kier alpha value is -2.29. The maximum atomic E-state index is 12.4. The van der Waals surface area contributed by atoms with Crippen molar-refractivity contribution in [2.75, 3.05) is 5.43 Å². The van der Waals surface area contributed by atoms with Gasteiger partial charge in [-0.15, -0.1) is 0 Å². The molecule has 0 saturated carbocycles. The van der Waals surface area contributed by atoms with Gasteiger partial charge in [0.15, 0.2) is 3.95 Å². The van der Waals surface area contributed by atoms with Crippen LogP contribution in [0.4, 0.5) is 5.69 Å². The summed E-state index contributed by atoms with van der Waals surface area (Å²) in [4.78, 5) is 16.9. The molecule has 8 heteroatoms. The lowest BCUT2D eigenvalue weighted by Crippen LogP contribution is -2.22. The Morgan fingerprint density at radius 3 is 2.81 bits per heavy atom. The summed E-state index contributed by atoms with van der Waals surface area (Å²) in [5.41, 5.74) is 5.30. The van der Waals surface area contributed by atoms with Crippen molar-refractivity contribution < 1.29 is 9.90 Å². The van der Waals surface area contributed by atoms with E-state index in [0.717, 1.165) is 15.7 Å². The first-order chi connectivity index (χ1) is 12.5. The van der Waals surface area contributed by atoms with Crippen LogP contribution < -0.4 is 16.0 Å². The number of para-hydroxylation sites is 1. The lowest BCUT2D eigenvalue weighted by atomic mass is 10.1. The Bertz CT molecular complexity index is 1240. The van der Waals surface area contributed by atoms with Crippen LogP contribution in [0.1, 0.15) is 10.4 Å². The average Bonchev–Trinajstić information content (AvgIpc) is 3.06. The highest BCUT2D eigenvalue weighted by atomic mass is 79.9. The summed E-state index contributed by atoms with van der Waals surface area (Å²) in [6.45, 7) is 1.96. The Balaban J connectivity index is 1.90. The van der Waals surface area contributed by atoms with Crippen LogP contribution in [0.25, 0.3) is 5.57 Å². The molecule has 4 rings (SSSR count). The van der Waals surface area contributed by atoms with E-state index in [1.807, 2.05) is 43.3 Å². The first-order valence-electron chi connectivity index (χ1n) is 7.66. The molecular weight excluding hydrogens is 434 g/mol. The fourth-order valence-electron chi connectivity index (χ4n) is 2.75. The standard InChI is InChI=1S/C18H12BrN3O2S2/c1-9-4-2-3-5-12(9)21-22-17(24)15(26-18(22)25)14-11-8-10(19)6-7-13(11)20-16(14)23/h2-8,21,24H,1H3. The maximum absolute atomic E-state index is 12.4. The molecule has 0 bridgehead atoms. The van der Waals surface area contributed by atoms with Crippen LogP contribution >= 0.6 is 39.5 Å². The van der Waals surface area contributed by atoms with Crippen molar-refractivity contribution >= 4 is 56.7 Å². The smallest absolute Gasteiger partial charge is 0.279 e. The molecule has 1 amide bonds. The Labute approximate surface area is 166 Å². The summed E-state index contributed by atoms with van der Waals surface area (Å²) < 4.78 is 2.65. The summed E-state index contributed by atoms with van der Waals surface area (Å²) >= 11 is 9.98. The fraction of sp³-hybridized carbons (Fsp3) is 0.0556. The third-order valence-corrected chi connectivity index (χ3v) is 5.93. The maximum Gasteiger partial charge on any atom is 0.279 e. The molecule has 130 valence electrons. The minimum absolute atomic E-state index is 0.102. The molecule has 5 nitrogen and oxygen atoms in total. The van der Waals surface area contributed by atoms with E-state index in [9.17, 15) is 9.90 Å². The minimum atomic E-state index is -0.382. The van der Waals surface area contributed by atoms with E-state index >= 15 is 0 Å². The van der Waals surface area contributed by atoms with Gasteiger partial charge >= 0.3 is 0 Å². The molecule has 3 aromatic rings. The topological polar surface area (TPSA) is 66.6 Å². The van der Waals surface area contributed by atoms with Gasteiger partial charge in [-0.1, -0.05) is 45.5 Å². The minimum Gasteiger partial charge on any atom is -0.492 e. The number of thiazole rings is 1. The van der Waals surface area contributed by atoms with Gasteiger partial charge in [0.25, 0.3) is 5.91 Å². The molecule has 0 atom stereocenters. The number of rotatable bonds is 3. The molecule has 26 heavy (non-hydrogen) atoms. The van der Waals surface area contributed by atoms with Crippen molar-refractivity contribution in [1.29, 1.82) is 0 Å². The van der Waals surface area contributed by atoms with Crippen molar-refractivity contribution in [2.45, 2.75) is 6.92 Å². The summed E-state index contributed by atoms with van der Waals surface area (Å²) in [5.74, 6) is -0.484. The number of anilines is 1. The van der Waals surface area contributed by atoms with E-state index in [4.69, 9.17) is 12.2 Å². The van der Waals surface area contributed by atoms with Crippen LogP contribution in [0.3, 0.4) is 0 Å². The van der Waals surface area contributed by atoms with Crippen LogP contribution in [0.2, 0.25) is 0 Å². The molecule has 0 aliphatic carbocycles. The van der Waals surface area contributed by atoms with Gasteiger partial charge in [-0.3, -0.25) is 10.2 Å². The van der Waals surface area contributed by atoms with E-state index in [0.29, 0.717) is 25.0 Å². The third-order valence-electron chi connectivity index (χ3n) is 4.06. The number of hydrogen-bond donors (Lipinski definition) is 2. The van der Waals surface area contributed by atoms with Crippen molar-refractivity contribution in [1.82, 2.24) is 4.68 Å². The number of hydrogen-bond acceptors (Lipinski definition) is 5. The first-order valence-corrected chi connectivity index (χ1v) is 9.68. The zero-order valence-electron chi connectivity index (χ0n) is 13.5. The van der Waals surface area contributed by atoms with Crippen molar-refractivity contribution in [3.8, 4) is 5.88 Å². The Morgan fingerprint density at radius 1 is 1.27 bits per heavy atom. The number of nitrogens with one attached hydrogen (secondary N) is 1. The predicted molar refractivity (Wildman–Crippen MR) is 107 cm³/mol. The molecule has 1 aromatic heterocycles. The van der Waals surface area contributed by atoms with Gasteiger partial charge in [0.2, 0.25) is 5.88 Å². The summed E-state index contributed by atoms with van der Waals surface area (Å²) in [6, 6.07) is 13.1. The molecule has 2 N–H and O–H groups in total. The number of aromatic hydroxyl groups is 1. The highest BCUT2D eigenvalue weighted by molar-refractivity contribution is 9.10. The molecule has 1 aliphatic rings. The molecule has 0 spiro atoms. The Morgan fingerprint density at radius 2 is 2.04 bits per heavy atom. The SMILES string of the molecule is Cc1ccccc1Nn1c(O)c(C2=c3cc(Br)ccc3=NC2=O)sc1=S. The van der Waals surface area contributed by atoms with Gasteiger partial charge in [-0.05, 0) is 49.0 Å². The van der Waals surface area contributed by atoms with E-state index < -0.39 is 0 Å². The zero-order valence-corrected chi connectivity index (χ0v) is 16.7. The summed E-state index contributed by atoms with van der Waals surface area (Å²) in [6.07, 6.45) is 0. The second kappa shape index (κ2) is 6.46. The number of benzene rings is 2. The lowest BCUT2D eigenvalue weighted by molar-refractivity contribution is -0.112. The lowest BCUT2D eigenvalue weighted by Gasteiger charge is -2.11. The highest BCUT2D eigenvalue weighted by Crippen LogP contribution is 2.33. The largest absolute Gasteiger partial charge is 0.492 e. The quantitative estimate of drug-likeness (QED) is 0.607. The zero-order chi connectivity index (χ0) is 18.4. The Kier molecular flexibility index (Phi) is 4.26. The molecule has 0 fully saturated rings. The van der Waals surface area contributed by atoms with E-state index in [1.165, 1.54) is 16.0 Å². The molecule has 2 heterocycles. The van der Waals surface area contributed by atoms with Crippen LogP contribution in [0.15, 0.2) is 51.9 Å². The predicted octanol–water partition coefficient (Wildman–Crippen LogP) is 3.29. The molecule has 1 aliphatic heterocycles. The first kappa shape index (κ1) is 17.1. The van der Waals surface area contributed by atoms with Gasteiger partial charge in [0.1, 0.15) is 4.88 Å². The van der Waals surface area contributed by atoms with Gasteiger partial charge in [-0.2, -0.15) is 0 Å². The van der Waals surface area contributed by atoms with Gasteiger partial charge in [0, 0.05) is 9.69 Å². The summed E-state index contributed by atoms with van der Waals surface area (Å²) in [5, 5.41) is 12.0. The van der Waals surface area contributed by atoms with Crippen LogP contribution in [-0.4, -0.2) is 15.7 Å². The number of halogens is 1. The number of aryl methyl sites for hydroxylation is 1. The normalized spacial score (nSPS) is 12.8. The highest BCUT2D eigenvalue weighted by Gasteiger charge is 2.25. The average molecular weight is 446 g/mol. The fourth-order valence-corrected chi connectivity index (χ4v) is 4.38. The van der Waals surface area contributed by atoms with Gasteiger partial charge < -0.3 is 5.11 Å². The number of amides is 1. The van der Waals surface area contributed by atoms with E-state index in [2.05, 4.69) is 26.3 Å². The molecule has 0 radical (unpaired) electrons. The van der Waals surface area contributed by atoms with Crippen molar-refractivity contribution in [3.05, 3.63) is 71.9 Å². The van der Waals surface area contributed by atoms with Crippen molar-refractivity contribution in [3.63, 3.8) is 0 Å². The number of nitrogens with zero attached hydrogens (tertiary/aromatic N) is 2. The van der Waals surface area contributed by atoms with E-state index in [-0.39, 0.29) is 11.8 Å². The summed E-state index contributed by atoms with van der Waals surface area (Å²) in [7, 11) is 0. The number of carbonyl (C=O) groups excluding carboxylic acids is 1. The molecular formula is C18H12BrN3O2S2. The monoisotopic (exact) mass is 445 g/mol. The van der Waals surface area contributed by atoms with Gasteiger partial charge in [0.05, 0.1) is 16.6 Å². The number of carbonyl (C=O) groups is 1. The molecule has 0 saturated heterocycles. The van der Waals surface area contributed by atoms with Crippen molar-refractivity contribution in [2.24, 2.45) is 4.99 Å². The second-order valence-corrected chi connectivity index (χ2v) is 8.30. The van der Waals surface area contributed by atoms with Crippen LogP contribution in [-0.2, 0) is 4.79 Å². The molecule has 2 aromatic carbocycles. The molecule has 0 unspecified atom stereocenters. The van der Waals surface area contributed by atoms with Crippen LogP contribution in [0, 0.1) is 10.9 Å². The number of aromatic nitrogens is 1. The van der Waals surface area contributed by atoms with E-state index in [1.54, 1.807) is 6.07 Å². The number of fused-ring (bicyclic) bond motifs is 1.